The van der Waals surface area contributed by atoms with Crippen LogP contribution in [0.2, 0.25) is 0 Å². The van der Waals surface area contributed by atoms with Crippen LogP contribution < -0.4 is 30.4 Å². The van der Waals surface area contributed by atoms with E-state index in [1.54, 1.807) is 0 Å². The topological polar surface area (TPSA) is 9.72 Å². The normalized spacial score (nSPS) is 15.6. The second-order valence-corrected chi connectivity index (χ2v) is 27.2. The summed E-state index contributed by atoms with van der Waals surface area (Å²) in [5.74, 6) is 0. The fourth-order valence-electron chi connectivity index (χ4n) is 12.6. The Morgan fingerprint density at radius 1 is 0.480 bits per heavy atom. The van der Waals surface area contributed by atoms with Gasteiger partial charge < -0.3 is 14.7 Å². The van der Waals surface area contributed by atoms with Crippen LogP contribution in [0.25, 0.3) is 21.2 Å². The molecule has 0 atom stereocenters. The predicted molar refractivity (Wildman–Crippen MR) is 327 cm³/mol. The first-order valence-electron chi connectivity index (χ1n) is 27.3. The van der Waals surface area contributed by atoms with Crippen LogP contribution in [0.3, 0.4) is 0 Å². The molecule has 1 aliphatic carbocycles. The van der Waals surface area contributed by atoms with Crippen molar-refractivity contribution in [2.75, 3.05) is 14.7 Å². The Morgan fingerprint density at radius 3 is 1.61 bits per heavy atom. The molecule has 0 unspecified atom stereocenters. The number of para-hydroxylation sites is 2. The van der Waals surface area contributed by atoms with Crippen molar-refractivity contribution in [2.45, 2.75) is 130 Å². The van der Waals surface area contributed by atoms with Crippen LogP contribution in [0.4, 0.5) is 51.2 Å². The van der Waals surface area contributed by atoms with Gasteiger partial charge in [-0.2, -0.15) is 0 Å². The second-order valence-electron chi connectivity index (χ2n) is 26.1. The summed E-state index contributed by atoms with van der Waals surface area (Å²) in [6.45, 7) is 31.0. The SMILES string of the molecule is CC(C)(C)c1ccc(N2c3cc(N(c4ccccc4)c4ccccc4)cc4c3B(c3ccc5c(c3N4c3ccc(C(C)(C)C)cc3-c3ccccc3)C(C)(C)CCC5(C)C)c3sc4ccc(C(C)(C)C)cc4c32)cc1. The molecule has 0 fully saturated rings. The summed E-state index contributed by atoms with van der Waals surface area (Å²) in [5.41, 5.74) is 22.7. The Hall–Kier alpha value is -6.82. The lowest BCUT2D eigenvalue weighted by atomic mass is 9.35. The van der Waals surface area contributed by atoms with E-state index in [4.69, 9.17) is 0 Å². The lowest BCUT2D eigenvalue weighted by Crippen LogP contribution is -2.61. The minimum atomic E-state index is -0.106. The van der Waals surface area contributed by atoms with Crippen molar-refractivity contribution in [1.82, 2.24) is 0 Å². The molecule has 5 heteroatoms. The number of hydrogen-bond donors (Lipinski definition) is 0. The summed E-state index contributed by atoms with van der Waals surface area (Å²) in [5, 5.41) is 1.32. The Balaban J connectivity index is 1.29. The van der Waals surface area contributed by atoms with Gasteiger partial charge in [0.15, 0.2) is 0 Å². The summed E-state index contributed by atoms with van der Waals surface area (Å²) in [4.78, 5) is 7.90. The molecule has 0 N–H and O–H groups in total. The average molecular weight is 998 g/mol. The van der Waals surface area contributed by atoms with Gasteiger partial charge in [-0.15, -0.1) is 11.3 Å². The van der Waals surface area contributed by atoms with Crippen molar-refractivity contribution >= 4 is 95.0 Å². The standard InChI is InChI=1S/C70H72BN3S/c1-66(2,3)46-29-33-51(34-30-46)73-58-43-52(72(49-25-19-15-20-26-49)50-27-21-16-22-28-50)44-59-62(58)71(65-63(73)54-42-48(68(7,8)9)32-38-60(54)75-65)56-36-35-55-61(70(12,13)40-39-69(55,10)11)64(56)74(59)57-37-31-47(67(4,5)6)41-53(57)45-23-17-14-18-24-45/h14-38,41-44H,39-40H2,1-13H3. The minimum Gasteiger partial charge on any atom is -0.310 e. The maximum atomic E-state index is 2.76. The van der Waals surface area contributed by atoms with Crippen molar-refractivity contribution < 1.29 is 0 Å². The van der Waals surface area contributed by atoms with E-state index >= 15 is 0 Å². The van der Waals surface area contributed by atoms with Gasteiger partial charge in [0.05, 0.1) is 17.1 Å². The molecule has 0 spiro atoms. The number of fused-ring (bicyclic) bond motifs is 8. The summed E-state index contributed by atoms with van der Waals surface area (Å²) >= 11 is 2.00. The lowest BCUT2D eigenvalue weighted by Gasteiger charge is -2.49. The number of nitrogens with zero attached hydrogens (tertiary/aromatic N) is 3. The number of rotatable bonds is 6. The molecule has 1 aromatic heterocycles. The molecule has 3 heterocycles. The Kier molecular flexibility index (Phi) is 11.4. The third kappa shape index (κ3) is 8.15. The molecule has 8 aromatic carbocycles. The highest BCUT2D eigenvalue weighted by Crippen LogP contribution is 2.57. The van der Waals surface area contributed by atoms with Crippen LogP contribution >= 0.6 is 11.3 Å². The van der Waals surface area contributed by atoms with E-state index < -0.39 is 0 Å². The fourth-order valence-corrected chi connectivity index (χ4v) is 13.9. The molecule has 0 saturated heterocycles. The van der Waals surface area contributed by atoms with Gasteiger partial charge in [0.2, 0.25) is 0 Å². The van der Waals surface area contributed by atoms with Crippen LogP contribution in [-0.2, 0) is 27.1 Å². The van der Waals surface area contributed by atoms with E-state index in [1.165, 1.54) is 98.9 Å². The van der Waals surface area contributed by atoms with E-state index in [9.17, 15) is 0 Å². The quantitative estimate of drug-likeness (QED) is 0.154. The van der Waals surface area contributed by atoms with Gasteiger partial charge in [-0.1, -0.05) is 193 Å². The highest BCUT2D eigenvalue weighted by atomic mass is 32.1. The molecule has 3 aliphatic rings. The molecule has 75 heavy (non-hydrogen) atoms. The zero-order chi connectivity index (χ0) is 52.6. The number of hydrogen-bond acceptors (Lipinski definition) is 4. The van der Waals surface area contributed by atoms with Gasteiger partial charge in [0, 0.05) is 54.6 Å². The van der Waals surface area contributed by atoms with Gasteiger partial charge in [0.25, 0.3) is 6.71 Å². The van der Waals surface area contributed by atoms with Gasteiger partial charge in [-0.05, 0) is 157 Å². The summed E-state index contributed by atoms with van der Waals surface area (Å²) in [7, 11) is 0. The Bertz CT molecular complexity index is 3620. The highest BCUT2D eigenvalue weighted by Gasteiger charge is 2.50. The summed E-state index contributed by atoms with van der Waals surface area (Å²) < 4.78 is 2.72. The zero-order valence-corrected chi connectivity index (χ0v) is 47.3. The first-order chi connectivity index (χ1) is 35.6. The van der Waals surface area contributed by atoms with Gasteiger partial charge in [0.1, 0.15) is 0 Å². The zero-order valence-electron chi connectivity index (χ0n) is 46.5. The predicted octanol–water partition coefficient (Wildman–Crippen LogP) is 18.4. The van der Waals surface area contributed by atoms with Crippen molar-refractivity contribution in [3.05, 3.63) is 204 Å². The van der Waals surface area contributed by atoms with Crippen molar-refractivity contribution in [3.8, 4) is 11.1 Å². The molecule has 12 rings (SSSR count). The molecular weight excluding hydrogens is 926 g/mol. The number of benzene rings is 8. The van der Waals surface area contributed by atoms with Crippen LogP contribution in [0.15, 0.2) is 176 Å². The fraction of sp³-hybridized carbons (Fsp3) is 0.286. The van der Waals surface area contributed by atoms with Crippen LogP contribution in [0.5, 0.6) is 0 Å². The molecule has 0 bridgehead atoms. The smallest absolute Gasteiger partial charge is 0.264 e. The van der Waals surface area contributed by atoms with Crippen LogP contribution in [-0.4, -0.2) is 6.71 Å². The molecule has 0 saturated carbocycles. The van der Waals surface area contributed by atoms with Crippen LogP contribution in [0, 0.1) is 0 Å². The monoisotopic (exact) mass is 998 g/mol. The molecule has 9 aromatic rings. The Labute approximate surface area is 452 Å². The van der Waals surface area contributed by atoms with Crippen molar-refractivity contribution in [1.29, 1.82) is 0 Å². The van der Waals surface area contributed by atoms with E-state index in [2.05, 4.69) is 281 Å². The van der Waals surface area contributed by atoms with Crippen LogP contribution in [0.1, 0.15) is 131 Å². The molecule has 0 amide bonds. The van der Waals surface area contributed by atoms with E-state index in [0.29, 0.717) is 0 Å². The minimum absolute atomic E-state index is 0.00299. The highest BCUT2D eigenvalue weighted by molar-refractivity contribution is 7.33. The second kappa shape index (κ2) is 17.4. The van der Waals surface area contributed by atoms with Crippen molar-refractivity contribution in [2.24, 2.45) is 0 Å². The lowest BCUT2D eigenvalue weighted by molar-refractivity contribution is 0.333. The van der Waals surface area contributed by atoms with Gasteiger partial charge >= 0.3 is 0 Å². The van der Waals surface area contributed by atoms with Gasteiger partial charge in [-0.3, -0.25) is 0 Å². The third-order valence-electron chi connectivity index (χ3n) is 16.9. The largest absolute Gasteiger partial charge is 0.310 e. The third-order valence-corrected chi connectivity index (χ3v) is 18.1. The maximum Gasteiger partial charge on any atom is 0.264 e. The van der Waals surface area contributed by atoms with E-state index in [1.807, 2.05) is 11.3 Å². The molecule has 376 valence electrons. The molecule has 0 radical (unpaired) electrons. The summed E-state index contributed by atoms with van der Waals surface area (Å²) in [6.07, 6.45) is 2.24. The molecule has 3 nitrogen and oxygen atoms in total. The number of anilines is 9. The number of thiophene rings is 1. The maximum absolute atomic E-state index is 2.76. The van der Waals surface area contributed by atoms with E-state index in [-0.39, 0.29) is 33.8 Å². The summed E-state index contributed by atoms with van der Waals surface area (Å²) in [6, 6.07) is 67.5. The first kappa shape index (κ1) is 49.1. The van der Waals surface area contributed by atoms with Gasteiger partial charge in [-0.25, -0.2) is 0 Å². The van der Waals surface area contributed by atoms with Crippen molar-refractivity contribution in [3.63, 3.8) is 0 Å². The molecule has 2 aliphatic heterocycles. The first-order valence-corrected chi connectivity index (χ1v) is 28.2. The van der Waals surface area contributed by atoms with E-state index in [0.717, 1.165) is 29.9 Å². The average Bonchev–Trinajstić information content (AvgIpc) is 3.97. The molecular formula is C70H72BN3S. The Morgan fingerprint density at radius 2 is 1.01 bits per heavy atom.